The summed E-state index contributed by atoms with van der Waals surface area (Å²) in [5.41, 5.74) is 3.48. The number of hydrogen-bond donors (Lipinski definition) is 0. The topological polar surface area (TPSA) is 62.7 Å². The number of aromatic nitrogens is 4. The van der Waals surface area contributed by atoms with E-state index >= 15 is 0 Å². The summed E-state index contributed by atoms with van der Waals surface area (Å²) in [4.78, 5) is 14.1. The van der Waals surface area contributed by atoms with E-state index in [4.69, 9.17) is 14.5 Å². The van der Waals surface area contributed by atoms with Crippen molar-refractivity contribution in [2.45, 2.75) is 19.3 Å². The van der Waals surface area contributed by atoms with E-state index in [1.807, 2.05) is 28.8 Å². The Morgan fingerprint density at radius 3 is 2.47 bits per heavy atom. The molecule has 0 N–H and O–H groups in total. The van der Waals surface area contributed by atoms with Crippen LogP contribution in [0.5, 0.6) is 0 Å². The van der Waals surface area contributed by atoms with Gasteiger partial charge >= 0.3 is 0 Å². The number of piperazine rings is 1. The lowest BCUT2D eigenvalue weighted by Crippen LogP contribution is -2.47. The van der Waals surface area contributed by atoms with E-state index in [-0.39, 0.29) is 5.82 Å². The minimum Gasteiger partial charge on any atom is -0.461 e. The largest absolute Gasteiger partial charge is 0.461 e. The Hall–Kier alpha value is -3.42. The van der Waals surface area contributed by atoms with Gasteiger partial charge in [-0.05, 0) is 55.7 Å². The van der Waals surface area contributed by atoms with E-state index in [0.717, 1.165) is 62.6 Å². The molecule has 0 saturated carbocycles. The number of anilines is 2. The van der Waals surface area contributed by atoms with E-state index in [1.165, 1.54) is 17.7 Å². The standard InChI is InChI=1S/C22H21FN6O/c23-15-6-8-16(9-7-15)27-10-12-28(13-11-27)21-17-3-1-4-18(17)24-22-25-20(26-29(21)22)19-5-2-14-30-19/h2,5-9,14H,1,3-4,10-13H2. The summed E-state index contributed by atoms with van der Waals surface area (Å²) in [6.07, 6.45) is 4.74. The molecule has 1 saturated heterocycles. The molecule has 4 aromatic rings. The summed E-state index contributed by atoms with van der Waals surface area (Å²) >= 11 is 0. The van der Waals surface area contributed by atoms with Gasteiger partial charge in [0.05, 0.1) is 12.0 Å². The Morgan fingerprint density at radius 1 is 0.900 bits per heavy atom. The highest BCUT2D eigenvalue weighted by molar-refractivity contribution is 5.60. The van der Waals surface area contributed by atoms with Crippen molar-refractivity contribution in [1.29, 1.82) is 0 Å². The summed E-state index contributed by atoms with van der Waals surface area (Å²) < 4.78 is 20.6. The molecule has 8 heteroatoms. The van der Waals surface area contributed by atoms with Crippen molar-refractivity contribution in [2.24, 2.45) is 0 Å². The fourth-order valence-electron chi connectivity index (χ4n) is 4.52. The highest BCUT2D eigenvalue weighted by atomic mass is 19.1. The molecule has 30 heavy (non-hydrogen) atoms. The lowest BCUT2D eigenvalue weighted by molar-refractivity contribution is 0.577. The molecule has 1 aliphatic carbocycles. The quantitative estimate of drug-likeness (QED) is 0.522. The number of aryl methyl sites for hydroxylation is 1. The molecule has 152 valence electrons. The normalized spacial score (nSPS) is 16.4. The van der Waals surface area contributed by atoms with Gasteiger partial charge in [-0.2, -0.15) is 9.50 Å². The number of fused-ring (bicyclic) bond motifs is 2. The molecule has 0 spiro atoms. The van der Waals surface area contributed by atoms with Gasteiger partial charge in [0, 0.05) is 37.4 Å². The number of nitrogens with zero attached hydrogens (tertiary/aromatic N) is 6. The van der Waals surface area contributed by atoms with Gasteiger partial charge in [-0.3, -0.25) is 0 Å². The van der Waals surface area contributed by atoms with Crippen LogP contribution in [-0.2, 0) is 12.8 Å². The Kier molecular flexibility index (Phi) is 3.97. The predicted octanol–water partition coefficient (Wildman–Crippen LogP) is 3.34. The lowest BCUT2D eigenvalue weighted by atomic mass is 10.2. The maximum absolute atomic E-state index is 13.3. The zero-order chi connectivity index (χ0) is 20.1. The summed E-state index contributed by atoms with van der Waals surface area (Å²) in [6, 6.07) is 10.4. The minimum absolute atomic E-state index is 0.203. The van der Waals surface area contributed by atoms with Crippen molar-refractivity contribution in [2.75, 3.05) is 36.0 Å². The first kappa shape index (κ1) is 17.4. The lowest BCUT2D eigenvalue weighted by Gasteiger charge is -2.37. The third-order valence-electron chi connectivity index (χ3n) is 6.00. The van der Waals surface area contributed by atoms with Crippen molar-refractivity contribution in [3.8, 4) is 11.6 Å². The zero-order valence-corrected chi connectivity index (χ0v) is 16.5. The van der Waals surface area contributed by atoms with Gasteiger partial charge in [0.25, 0.3) is 5.78 Å². The maximum Gasteiger partial charge on any atom is 0.255 e. The van der Waals surface area contributed by atoms with Gasteiger partial charge in [0.15, 0.2) is 5.76 Å². The number of hydrogen-bond acceptors (Lipinski definition) is 6. The highest BCUT2D eigenvalue weighted by Crippen LogP contribution is 2.32. The molecule has 0 atom stereocenters. The second kappa shape index (κ2) is 6.83. The van der Waals surface area contributed by atoms with Crippen molar-refractivity contribution < 1.29 is 8.81 Å². The van der Waals surface area contributed by atoms with Gasteiger partial charge in [-0.25, -0.2) is 9.37 Å². The summed E-state index contributed by atoms with van der Waals surface area (Å²) in [5, 5.41) is 4.75. The van der Waals surface area contributed by atoms with E-state index in [9.17, 15) is 4.39 Å². The van der Waals surface area contributed by atoms with Gasteiger partial charge in [-0.15, -0.1) is 5.10 Å². The third kappa shape index (κ3) is 2.82. The number of rotatable bonds is 3. The van der Waals surface area contributed by atoms with Crippen molar-refractivity contribution in [1.82, 2.24) is 19.6 Å². The number of furan rings is 1. The predicted molar refractivity (Wildman–Crippen MR) is 111 cm³/mol. The van der Waals surface area contributed by atoms with Crippen LogP contribution < -0.4 is 9.80 Å². The van der Waals surface area contributed by atoms with E-state index in [1.54, 1.807) is 6.26 Å². The summed E-state index contributed by atoms with van der Waals surface area (Å²) in [7, 11) is 0. The van der Waals surface area contributed by atoms with Crippen LogP contribution in [-0.4, -0.2) is 45.8 Å². The number of halogens is 1. The molecular weight excluding hydrogens is 383 g/mol. The molecule has 1 aromatic carbocycles. The van der Waals surface area contributed by atoms with Gasteiger partial charge in [0.1, 0.15) is 11.6 Å². The van der Waals surface area contributed by atoms with Crippen molar-refractivity contribution in [3.05, 3.63) is 59.7 Å². The molecule has 1 fully saturated rings. The van der Waals surface area contributed by atoms with Crippen LogP contribution in [0.2, 0.25) is 0 Å². The van der Waals surface area contributed by atoms with Crippen LogP contribution in [0.15, 0.2) is 47.1 Å². The number of benzene rings is 1. The second-order valence-electron chi connectivity index (χ2n) is 7.79. The fraction of sp³-hybridized carbons (Fsp3) is 0.318. The van der Waals surface area contributed by atoms with Gasteiger partial charge in [-0.1, -0.05) is 0 Å². The summed E-state index contributed by atoms with van der Waals surface area (Å²) in [5.74, 6) is 2.73. The molecule has 0 amide bonds. The second-order valence-corrected chi connectivity index (χ2v) is 7.79. The Morgan fingerprint density at radius 2 is 1.70 bits per heavy atom. The average molecular weight is 404 g/mol. The van der Waals surface area contributed by atoms with Crippen molar-refractivity contribution in [3.63, 3.8) is 0 Å². The highest BCUT2D eigenvalue weighted by Gasteiger charge is 2.28. The van der Waals surface area contributed by atoms with Crippen LogP contribution in [0.3, 0.4) is 0 Å². The van der Waals surface area contributed by atoms with Crippen LogP contribution in [0, 0.1) is 5.82 Å². The molecule has 0 radical (unpaired) electrons. The first-order chi connectivity index (χ1) is 14.8. The van der Waals surface area contributed by atoms with Gasteiger partial charge in [0.2, 0.25) is 5.82 Å². The molecule has 0 unspecified atom stereocenters. The molecule has 6 rings (SSSR count). The first-order valence-electron chi connectivity index (χ1n) is 10.3. The van der Waals surface area contributed by atoms with Crippen LogP contribution in [0.4, 0.5) is 15.9 Å². The molecular formula is C22H21FN6O. The molecule has 7 nitrogen and oxygen atoms in total. The van der Waals surface area contributed by atoms with E-state index in [2.05, 4.69) is 14.8 Å². The van der Waals surface area contributed by atoms with E-state index < -0.39 is 0 Å². The minimum atomic E-state index is -0.203. The van der Waals surface area contributed by atoms with Crippen molar-refractivity contribution >= 4 is 17.3 Å². The third-order valence-corrected chi connectivity index (χ3v) is 6.00. The maximum atomic E-state index is 13.3. The van der Waals surface area contributed by atoms with Gasteiger partial charge < -0.3 is 14.2 Å². The molecule has 1 aliphatic heterocycles. The monoisotopic (exact) mass is 404 g/mol. The van der Waals surface area contributed by atoms with E-state index in [0.29, 0.717) is 17.4 Å². The fourth-order valence-corrected chi connectivity index (χ4v) is 4.52. The van der Waals surface area contributed by atoms with Crippen LogP contribution >= 0.6 is 0 Å². The SMILES string of the molecule is Fc1ccc(N2CCN(c3c4c(nc5nc(-c6ccco6)nn35)CCC4)CC2)cc1. The smallest absolute Gasteiger partial charge is 0.255 e. The Labute approximate surface area is 172 Å². The summed E-state index contributed by atoms with van der Waals surface area (Å²) in [6.45, 7) is 3.45. The van der Waals surface area contributed by atoms with Crippen LogP contribution in [0.1, 0.15) is 17.7 Å². The molecule has 2 aliphatic rings. The molecule has 3 aromatic heterocycles. The average Bonchev–Trinajstić information content (AvgIpc) is 3.52. The Balaban J connectivity index is 1.35. The van der Waals surface area contributed by atoms with Crippen LogP contribution in [0.25, 0.3) is 17.4 Å². The zero-order valence-electron chi connectivity index (χ0n) is 16.5. The molecule has 4 heterocycles. The first-order valence-corrected chi connectivity index (χ1v) is 10.3. The Bertz CT molecular complexity index is 1190. The molecule has 0 bridgehead atoms.